The van der Waals surface area contributed by atoms with E-state index in [4.69, 9.17) is 9.47 Å². The Morgan fingerprint density at radius 3 is 2.51 bits per heavy atom. The van der Waals surface area contributed by atoms with E-state index in [9.17, 15) is 43.1 Å². The Bertz CT molecular complexity index is 1160. The normalized spacial score (nSPS) is 28.7. The Morgan fingerprint density at radius 2 is 1.92 bits per heavy atom. The summed E-state index contributed by atoms with van der Waals surface area (Å²) >= 11 is 0. The summed E-state index contributed by atoms with van der Waals surface area (Å²) in [4.78, 5) is 12.3. The molecular formula is C26H38FNO10S. The first-order valence-corrected chi connectivity index (χ1v) is 14.6. The second-order valence-electron chi connectivity index (χ2n) is 10.0. The van der Waals surface area contributed by atoms with Gasteiger partial charge in [0, 0.05) is 6.42 Å². The molecule has 2 aliphatic rings. The fraction of sp³-hybridized carbons (Fsp3) is 0.654. The molecule has 0 amide bonds. The van der Waals surface area contributed by atoms with Gasteiger partial charge in [-0.05, 0) is 55.5 Å². The zero-order valence-electron chi connectivity index (χ0n) is 22.0. The molecule has 2 unspecified atom stereocenters. The van der Waals surface area contributed by atoms with Crippen LogP contribution in [0.2, 0.25) is 0 Å². The van der Waals surface area contributed by atoms with Gasteiger partial charge in [0.15, 0.2) is 5.79 Å². The van der Waals surface area contributed by atoms with Crippen LogP contribution >= 0.6 is 0 Å². The molecule has 11 nitrogen and oxygen atoms in total. The quantitative estimate of drug-likeness (QED) is 0.188. The monoisotopic (exact) mass is 575 g/mol. The highest BCUT2D eigenvalue weighted by Gasteiger charge is 2.62. The summed E-state index contributed by atoms with van der Waals surface area (Å²) in [6, 6.07) is 3.67. The van der Waals surface area contributed by atoms with Crippen molar-refractivity contribution in [2.45, 2.75) is 93.7 Å². The van der Waals surface area contributed by atoms with Crippen molar-refractivity contribution in [1.29, 1.82) is 0 Å². The van der Waals surface area contributed by atoms with E-state index in [0.717, 1.165) is 31.4 Å². The number of nitrogens with one attached hydrogen (secondary N) is 1. The number of rotatable bonds is 13. The van der Waals surface area contributed by atoms with Crippen LogP contribution in [0.4, 0.5) is 10.1 Å². The lowest BCUT2D eigenvalue weighted by Crippen LogP contribution is -2.56. The highest BCUT2D eigenvalue weighted by molar-refractivity contribution is 7.93. The van der Waals surface area contributed by atoms with Crippen molar-refractivity contribution in [3.63, 3.8) is 0 Å². The fourth-order valence-electron chi connectivity index (χ4n) is 5.38. The molecule has 1 heterocycles. The van der Waals surface area contributed by atoms with Gasteiger partial charge in [-0.15, -0.1) is 0 Å². The minimum Gasteiger partial charge on any atom is -0.478 e. The topological polar surface area (TPSA) is 183 Å². The van der Waals surface area contributed by atoms with Crippen LogP contribution in [0.5, 0.6) is 0 Å². The van der Waals surface area contributed by atoms with E-state index >= 15 is 0 Å². The summed E-state index contributed by atoms with van der Waals surface area (Å²) < 4.78 is 55.3. The number of aliphatic hydroxyl groups is 4. The first kappa shape index (κ1) is 31.4. The molecular weight excluding hydrogens is 537 g/mol. The van der Waals surface area contributed by atoms with Gasteiger partial charge in [-0.2, -0.15) is 0 Å². The molecule has 6 N–H and O–H groups in total. The SMILES string of the molecule is CCCCCc1cc(F)ccc1NS(=O)(=O)C1CCC2(C=C1C(=O)O)O[C@H]([C@H](O)CO)[C@@](CC)([C@H](O)CO)O2. The highest BCUT2D eigenvalue weighted by atomic mass is 32.2. The summed E-state index contributed by atoms with van der Waals surface area (Å²) in [5.41, 5.74) is -1.64. The molecule has 1 aliphatic carbocycles. The highest BCUT2D eigenvalue weighted by Crippen LogP contribution is 2.48. The van der Waals surface area contributed by atoms with Crippen LogP contribution in [0.15, 0.2) is 29.8 Å². The summed E-state index contributed by atoms with van der Waals surface area (Å²) in [5.74, 6) is -3.90. The predicted octanol–water partition coefficient (Wildman–Crippen LogP) is 1.44. The Hall–Kier alpha value is -2.13. The average molecular weight is 576 g/mol. The number of aliphatic carboxylic acids is 1. The van der Waals surface area contributed by atoms with Crippen molar-refractivity contribution in [2.75, 3.05) is 17.9 Å². The first-order valence-electron chi connectivity index (χ1n) is 13.1. The van der Waals surface area contributed by atoms with Gasteiger partial charge in [-0.1, -0.05) is 26.7 Å². The van der Waals surface area contributed by atoms with E-state index in [1.165, 1.54) is 12.1 Å². The number of sulfonamides is 1. The number of carboxylic acid groups (broad SMARTS) is 1. The molecule has 39 heavy (non-hydrogen) atoms. The number of hydrogen-bond acceptors (Lipinski definition) is 9. The fourth-order valence-corrected chi connectivity index (χ4v) is 6.96. The molecule has 0 aromatic heterocycles. The molecule has 0 radical (unpaired) electrons. The number of hydrogen-bond donors (Lipinski definition) is 6. The number of benzene rings is 1. The molecule has 220 valence electrons. The van der Waals surface area contributed by atoms with Crippen molar-refractivity contribution in [3.05, 3.63) is 41.2 Å². The first-order chi connectivity index (χ1) is 18.4. The smallest absolute Gasteiger partial charge is 0.332 e. The lowest BCUT2D eigenvalue weighted by Gasteiger charge is -2.38. The van der Waals surface area contributed by atoms with Crippen LogP contribution < -0.4 is 4.72 Å². The molecule has 1 saturated heterocycles. The molecule has 0 saturated carbocycles. The number of carbonyl (C=O) groups is 1. The molecule has 1 aromatic carbocycles. The van der Waals surface area contributed by atoms with Crippen LogP contribution in [0.1, 0.15) is 57.9 Å². The van der Waals surface area contributed by atoms with Gasteiger partial charge in [0.25, 0.3) is 0 Å². The third-order valence-corrected chi connectivity index (χ3v) is 9.21. The number of anilines is 1. The minimum absolute atomic E-state index is 0.0170. The largest absolute Gasteiger partial charge is 0.478 e. The van der Waals surface area contributed by atoms with Gasteiger partial charge in [-0.3, -0.25) is 4.72 Å². The zero-order valence-corrected chi connectivity index (χ0v) is 22.9. The van der Waals surface area contributed by atoms with Crippen LogP contribution in [0, 0.1) is 5.82 Å². The molecule has 1 spiro atoms. The summed E-state index contributed by atoms with van der Waals surface area (Å²) in [6.07, 6.45) is -0.918. The molecule has 1 fully saturated rings. The third kappa shape index (κ3) is 6.45. The van der Waals surface area contributed by atoms with Crippen LogP contribution in [-0.4, -0.2) is 88.1 Å². The average Bonchev–Trinajstić information content (AvgIpc) is 3.23. The van der Waals surface area contributed by atoms with Crippen LogP contribution in [-0.2, 0) is 30.7 Å². The van der Waals surface area contributed by atoms with Gasteiger partial charge >= 0.3 is 5.97 Å². The summed E-state index contributed by atoms with van der Waals surface area (Å²) in [6.45, 7) is 2.07. The second-order valence-corrected chi connectivity index (χ2v) is 11.9. The van der Waals surface area contributed by atoms with E-state index in [1.54, 1.807) is 6.92 Å². The van der Waals surface area contributed by atoms with Gasteiger partial charge in [0.1, 0.15) is 35.0 Å². The van der Waals surface area contributed by atoms with Crippen molar-refractivity contribution >= 4 is 21.7 Å². The Labute approximate surface area is 227 Å². The van der Waals surface area contributed by atoms with Gasteiger partial charge in [0.05, 0.1) is 24.5 Å². The molecule has 3 rings (SSSR count). The lowest BCUT2D eigenvalue weighted by molar-refractivity contribution is -0.189. The maximum Gasteiger partial charge on any atom is 0.332 e. The standard InChI is InChI=1S/C26H38FNO10S/c1-3-5-6-7-16-12-17(27)8-9-19(16)28-39(35,36)21-10-11-25(13-18(21)24(33)34)37-23(20(31)14-29)26(4-2,38-25)22(32)15-30/h8-9,12-13,20-23,28-32H,3-7,10-11,14-15H2,1-2H3,(H,33,34)/t20-,21?,22-,23-,25?,26-/m1/s1. The maximum atomic E-state index is 13.9. The molecule has 1 aromatic rings. The maximum absolute atomic E-state index is 13.9. The van der Waals surface area contributed by atoms with Crippen LogP contribution in [0.25, 0.3) is 0 Å². The van der Waals surface area contributed by atoms with E-state index in [2.05, 4.69) is 4.72 Å². The summed E-state index contributed by atoms with van der Waals surface area (Å²) in [5, 5.41) is 48.6. The number of halogens is 1. The van der Waals surface area contributed by atoms with E-state index in [1.807, 2.05) is 6.92 Å². The van der Waals surface area contributed by atoms with Gasteiger partial charge < -0.3 is 35.0 Å². The summed E-state index contributed by atoms with van der Waals surface area (Å²) in [7, 11) is -4.34. The molecule has 1 aliphatic heterocycles. The van der Waals surface area contributed by atoms with Crippen molar-refractivity contribution in [1.82, 2.24) is 0 Å². The van der Waals surface area contributed by atoms with E-state index in [0.29, 0.717) is 12.0 Å². The Balaban J connectivity index is 1.97. The van der Waals surface area contributed by atoms with Crippen molar-refractivity contribution in [2.24, 2.45) is 0 Å². The second kappa shape index (κ2) is 12.6. The number of carboxylic acids is 1. The number of ether oxygens (including phenoxy) is 2. The Kier molecular flexibility index (Phi) is 10.1. The third-order valence-electron chi connectivity index (χ3n) is 7.46. The lowest BCUT2D eigenvalue weighted by atomic mass is 9.85. The van der Waals surface area contributed by atoms with Crippen molar-refractivity contribution in [3.8, 4) is 0 Å². The molecule has 6 atom stereocenters. The van der Waals surface area contributed by atoms with Crippen molar-refractivity contribution < 1.29 is 52.6 Å². The number of aryl methyl sites for hydroxylation is 1. The van der Waals surface area contributed by atoms with E-state index in [-0.39, 0.29) is 24.9 Å². The predicted molar refractivity (Wildman–Crippen MR) is 139 cm³/mol. The zero-order chi connectivity index (χ0) is 29.0. The number of aliphatic hydroxyl groups excluding tert-OH is 4. The molecule has 0 bridgehead atoms. The minimum atomic E-state index is -4.34. The number of unbranched alkanes of at least 4 members (excludes halogenated alkanes) is 2. The van der Waals surface area contributed by atoms with E-state index < -0.39 is 75.5 Å². The van der Waals surface area contributed by atoms with Gasteiger partial charge in [0.2, 0.25) is 10.0 Å². The molecule has 13 heteroatoms. The Morgan fingerprint density at radius 1 is 1.21 bits per heavy atom. The van der Waals surface area contributed by atoms with Gasteiger partial charge in [-0.25, -0.2) is 17.6 Å². The van der Waals surface area contributed by atoms with Crippen LogP contribution in [0.3, 0.4) is 0 Å².